The third kappa shape index (κ3) is 4.96. The van der Waals surface area contributed by atoms with Crippen LogP contribution in [0.25, 0.3) is 11.2 Å². The van der Waals surface area contributed by atoms with Gasteiger partial charge >= 0.3 is 0 Å². The SMILES string of the molecule is CC(=O)Nc1cc(Oc2cnc3nc(Nc4nn([C@H]5CCOC5)c(C(C)(C)C)c4F)n(C)c3c2)ccn1. The second-order valence-corrected chi connectivity index (χ2v) is 10.0. The molecule has 5 heterocycles. The Morgan fingerprint density at radius 3 is 2.76 bits per heavy atom. The summed E-state index contributed by atoms with van der Waals surface area (Å²) in [4.78, 5) is 24.3. The van der Waals surface area contributed by atoms with Crippen molar-refractivity contribution in [3.8, 4) is 11.5 Å². The number of nitrogens with zero attached hydrogens (tertiary/aromatic N) is 6. The van der Waals surface area contributed by atoms with Gasteiger partial charge in [0.2, 0.25) is 11.9 Å². The maximum absolute atomic E-state index is 15.6. The van der Waals surface area contributed by atoms with Gasteiger partial charge in [0.05, 0.1) is 30.1 Å². The van der Waals surface area contributed by atoms with Crippen molar-refractivity contribution in [1.82, 2.24) is 29.3 Å². The van der Waals surface area contributed by atoms with Gasteiger partial charge in [-0.2, -0.15) is 10.1 Å². The van der Waals surface area contributed by atoms with E-state index in [9.17, 15) is 4.79 Å². The summed E-state index contributed by atoms with van der Waals surface area (Å²) in [7, 11) is 1.80. The minimum atomic E-state index is -0.452. The highest BCUT2D eigenvalue weighted by Gasteiger charge is 2.33. The van der Waals surface area contributed by atoms with Crippen LogP contribution in [0.3, 0.4) is 0 Å². The number of anilines is 3. The number of hydrogen-bond acceptors (Lipinski definition) is 8. The van der Waals surface area contributed by atoms with Crippen LogP contribution in [0.5, 0.6) is 11.5 Å². The van der Waals surface area contributed by atoms with Gasteiger partial charge in [0, 0.05) is 44.3 Å². The summed E-state index contributed by atoms with van der Waals surface area (Å²) in [5.41, 5.74) is 1.21. The van der Waals surface area contributed by atoms with Gasteiger partial charge in [0.15, 0.2) is 17.3 Å². The average Bonchev–Trinajstić information content (AvgIpc) is 3.53. The first-order valence-electron chi connectivity index (χ1n) is 12.0. The van der Waals surface area contributed by atoms with Crippen molar-refractivity contribution < 1.29 is 18.7 Å². The minimum Gasteiger partial charge on any atom is -0.455 e. The topological polar surface area (TPSA) is 121 Å². The zero-order chi connectivity index (χ0) is 26.3. The number of carbonyl (C=O) groups excluding carboxylic acids is 1. The van der Waals surface area contributed by atoms with E-state index >= 15 is 4.39 Å². The Balaban J connectivity index is 1.43. The zero-order valence-corrected chi connectivity index (χ0v) is 21.4. The van der Waals surface area contributed by atoms with E-state index in [-0.39, 0.29) is 17.8 Å². The molecule has 0 unspecified atom stereocenters. The van der Waals surface area contributed by atoms with Gasteiger partial charge in [-0.15, -0.1) is 0 Å². The lowest BCUT2D eigenvalue weighted by atomic mass is 9.91. The van der Waals surface area contributed by atoms with Gasteiger partial charge in [-0.3, -0.25) is 9.48 Å². The van der Waals surface area contributed by atoms with Gasteiger partial charge in [-0.25, -0.2) is 14.4 Å². The van der Waals surface area contributed by atoms with E-state index in [0.29, 0.717) is 53.3 Å². The molecule has 11 nitrogen and oxygen atoms in total. The smallest absolute Gasteiger partial charge is 0.222 e. The van der Waals surface area contributed by atoms with Crippen LogP contribution in [0.2, 0.25) is 0 Å². The predicted octanol–water partition coefficient (Wildman–Crippen LogP) is 4.45. The molecule has 37 heavy (non-hydrogen) atoms. The van der Waals surface area contributed by atoms with Crippen LogP contribution in [0.15, 0.2) is 30.6 Å². The number of aromatic nitrogens is 6. The standard InChI is InChI=1S/C25H29FN8O3/c1-14(35)29-19-11-16(6-8-27-19)37-17-10-18-22(28-12-17)30-24(33(18)5)31-23-20(26)21(25(2,3)4)34(32-23)15-7-9-36-13-15/h6,8,10-12,15H,7,9,13H2,1-5H3,(H,27,29,35)(H,28,30,31,32)/t15-/m0/s1. The third-order valence-corrected chi connectivity index (χ3v) is 6.03. The fourth-order valence-corrected chi connectivity index (χ4v) is 4.33. The Kier molecular flexibility index (Phi) is 6.28. The highest BCUT2D eigenvalue weighted by molar-refractivity contribution is 5.87. The van der Waals surface area contributed by atoms with Crippen LogP contribution in [-0.4, -0.2) is 48.4 Å². The summed E-state index contributed by atoms with van der Waals surface area (Å²) < 4.78 is 30.6. The highest BCUT2D eigenvalue weighted by atomic mass is 19.1. The van der Waals surface area contributed by atoms with Crippen molar-refractivity contribution in [2.75, 3.05) is 23.8 Å². The quantitative estimate of drug-likeness (QED) is 0.392. The summed E-state index contributed by atoms with van der Waals surface area (Å²) in [5, 5.41) is 10.3. The van der Waals surface area contributed by atoms with Crippen LogP contribution in [0.1, 0.15) is 45.9 Å². The number of ether oxygens (including phenoxy) is 2. The number of halogens is 1. The molecule has 0 aromatic carbocycles. The Morgan fingerprint density at radius 1 is 1.24 bits per heavy atom. The van der Waals surface area contributed by atoms with Crippen LogP contribution in [-0.2, 0) is 22.0 Å². The maximum atomic E-state index is 15.6. The van der Waals surface area contributed by atoms with Gasteiger partial charge in [-0.1, -0.05) is 20.8 Å². The molecule has 1 saturated heterocycles. The normalized spacial score (nSPS) is 15.8. The van der Waals surface area contributed by atoms with E-state index in [0.717, 1.165) is 6.42 Å². The molecule has 4 aromatic rings. The van der Waals surface area contributed by atoms with Crippen LogP contribution in [0, 0.1) is 5.82 Å². The van der Waals surface area contributed by atoms with E-state index in [4.69, 9.17) is 9.47 Å². The lowest BCUT2D eigenvalue weighted by Crippen LogP contribution is -2.23. The van der Waals surface area contributed by atoms with E-state index in [1.54, 1.807) is 40.7 Å². The minimum absolute atomic E-state index is 0.0135. The second kappa shape index (κ2) is 9.43. The first-order chi connectivity index (χ1) is 17.6. The number of pyridine rings is 2. The summed E-state index contributed by atoms with van der Waals surface area (Å²) >= 11 is 0. The molecule has 0 radical (unpaired) electrons. The highest BCUT2D eigenvalue weighted by Crippen LogP contribution is 2.35. The fraction of sp³-hybridized carbons (Fsp3) is 0.400. The summed E-state index contributed by atoms with van der Waals surface area (Å²) in [5.74, 6) is 1.20. The molecule has 2 N–H and O–H groups in total. The predicted molar refractivity (Wildman–Crippen MR) is 136 cm³/mol. The number of nitrogens with one attached hydrogen (secondary N) is 2. The molecular weight excluding hydrogens is 479 g/mol. The largest absolute Gasteiger partial charge is 0.455 e. The maximum Gasteiger partial charge on any atom is 0.222 e. The molecule has 1 atom stereocenters. The molecule has 5 rings (SSSR count). The first-order valence-corrected chi connectivity index (χ1v) is 12.0. The van der Waals surface area contributed by atoms with Crippen LogP contribution < -0.4 is 15.4 Å². The third-order valence-electron chi connectivity index (χ3n) is 6.03. The lowest BCUT2D eigenvalue weighted by Gasteiger charge is -2.22. The fourth-order valence-electron chi connectivity index (χ4n) is 4.33. The van der Waals surface area contributed by atoms with Gasteiger partial charge < -0.3 is 24.7 Å². The van der Waals surface area contributed by atoms with Crippen molar-refractivity contribution in [1.29, 1.82) is 0 Å². The van der Waals surface area contributed by atoms with Gasteiger partial charge in [-0.05, 0) is 12.5 Å². The molecule has 1 fully saturated rings. The van der Waals surface area contributed by atoms with Crippen LogP contribution in [0.4, 0.5) is 22.0 Å². The van der Waals surface area contributed by atoms with Crippen molar-refractivity contribution in [2.24, 2.45) is 7.05 Å². The molecule has 12 heteroatoms. The summed E-state index contributed by atoms with van der Waals surface area (Å²) in [6.07, 6.45) is 3.87. The van der Waals surface area contributed by atoms with Crippen molar-refractivity contribution >= 4 is 34.7 Å². The number of imidazole rings is 1. The summed E-state index contributed by atoms with van der Waals surface area (Å²) in [6.45, 7) is 8.44. The number of rotatable bonds is 6. The van der Waals surface area contributed by atoms with Gasteiger partial charge in [0.1, 0.15) is 17.3 Å². The number of aryl methyl sites for hydroxylation is 1. The van der Waals surface area contributed by atoms with Crippen molar-refractivity contribution in [3.05, 3.63) is 42.1 Å². The van der Waals surface area contributed by atoms with Crippen molar-refractivity contribution in [2.45, 2.75) is 45.6 Å². The number of hydrogen-bond donors (Lipinski definition) is 2. The molecular formula is C25H29FN8O3. The second-order valence-electron chi connectivity index (χ2n) is 10.0. The monoisotopic (exact) mass is 508 g/mol. The molecule has 0 bridgehead atoms. The van der Waals surface area contributed by atoms with E-state index in [2.05, 4.69) is 30.7 Å². The molecule has 0 saturated carbocycles. The lowest BCUT2D eigenvalue weighted by molar-refractivity contribution is -0.114. The number of amides is 1. The zero-order valence-electron chi connectivity index (χ0n) is 21.4. The van der Waals surface area contributed by atoms with Crippen LogP contribution >= 0.6 is 0 Å². The average molecular weight is 509 g/mol. The molecule has 0 aliphatic carbocycles. The van der Waals surface area contributed by atoms with Gasteiger partial charge in [0.25, 0.3) is 0 Å². The molecule has 194 valence electrons. The van der Waals surface area contributed by atoms with E-state index in [1.807, 2.05) is 20.8 Å². The van der Waals surface area contributed by atoms with E-state index in [1.165, 1.54) is 13.1 Å². The number of carbonyl (C=O) groups is 1. The van der Waals surface area contributed by atoms with Crippen molar-refractivity contribution in [3.63, 3.8) is 0 Å². The summed E-state index contributed by atoms with van der Waals surface area (Å²) in [6, 6.07) is 5.06. The molecule has 1 aliphatic heterocycles. The Hall–Kier alpha value is -4.06. The first kappa shape index (κ1) is 24.6. The molecule has 4 aromatic heterocycles. The molecule has 1 aliphatic rings. The Morgan fingerprint density at radius 2 is 2.05 bits per heavy atom. The number of fused-ring (bicyclic) bond motifs is 1. The Bertz CT molecular complexity index is 1470. The molecule has 1 amide bonds. The van der Waals surface area contributed by atoms with E-state index < -0.39 is 11.2 Å². The molecule has 0 spiro atoms. The Labute approximate surface area is 213 Å².